The number of phenols is 1. The summed E-state index contributed by atoms with van der Waals surface area (Å²) in [4.78, 5) is 30.0. The minimum Gasteiger partial charge on any atom is -0.504 e. The van der Waals surface area contributed by atoms with Crippen molar-refractivity contribution in [1.82, 2.24) is 9.80 Å². The van der Waals surface area contributed by atoms with Crippen LogP contribution in [-0.4, -0.2) is 65.5 Å². The summed E-state index contributed by atoms with van der Waals surface area (Å²) in [6, 6.07) is 10.7. The normalized spacial score (nSPS) is 16.2. The topological polar surface area (TPSA) is 103 Å². The van der Waals surface area contributed by atoms with Crippen LogP contribution in [0.1, 0.15) is 29.1 Å². The number of hydrogen-bond donors (Lipinski definition) is 2. The number of fused-ring (bicyclic) bond motifs is 1. The fraction of sp³-hybridized carbons (Fsp3) is 0.280. The minimum atomic E-state index is -0.875. The van der Waals surface area contributed by atoms with E-state index in [1.807, 2.05) is 25.1 Å². The number of phenolic OH excluding ortho intramolecular Hbond substituents is 1. The van der Waals surface area contributed by atoms with E-state index in [2.05, 4.69) is 15.9 Å². The summed E-state index contributed by atoms with van der Waals surface area (Å²) in [5, 5.41) is 21.7. The highest BCUT2D eigenvalue weighted by Crippen LogP contribution is 2.42. The van der Waals surface area contributed by atoms with E-state index in [9.17, 15) is 19.8 Å². The molecule has 0 saturated heterocycles. The van der Waals surface area contributed by atoms with Gasteiger partial charge in [-0.1, -0.05) is 22.0 Å². The first-order valence-electron chi connectivity index (χ1n) is 10.8. The number of furan rings is 1. The molecule has 0 aliphatic carbocycles. The van der Waals surface area contributed by atoms with Gasteiger partial charge in [0.2, 0.25) is 5.78 Å². The Kier molecular flexibility index (Phi) is 6.67. The average molecular weight is 529 g/mol. The smallest absolute Gasteiger partial charge is 0.290 e. The largest absolute Gasteiger partial charge is 0.504 e. The van der Waals surface area contributed by atoms with Crippen molar-refractivity contribution in [3.05, 3.63) is 69.6 Å². The number of aliphatic hydroxyl groups excluding tert-OH is 1. The van der Waals surface area contributed by atoms with Gasteiger partial charge < -0.3 is 29.2 Å². The van der Waals surface area contributed by atoms with Crippen LogP contribution in [0, 0.1) is 0 Å². The van der Waals surface area contributed by atoms with Crippen LogP contribution in [0.25, 0.3) is 11.0 Å². The quantitative estimate of drug-likeness (QED) is 0.416. The van der Waals surface area contributed by atoms with Crippen LogP contribution in [-0.2, 0) is 4.79 Å². The van der Waals surface area contributed by atoms with Gasteiger partial charge in [-0.3, -0.25) is 9.59 Å². The lowest BCUT2D eigenvalue weighted by Crippen LogP contribution is -2.36. The van der Waals surface area contributed by atoms with E-state index in [0.717, 1.165) is 4.47 Å². The second kappa shape index (κ2) is 9.52. The first-order valence-corrected chi connectivity index (χ1v) is 11.6. The van der Waals surface area contributed by atoms with Gasteiger partial charge in [0.05, 0.1) is 18.2 Å². The number of amides is 1. The van der Waals surface area contributed by atoms with Crippen molar-refractivity contribution in [2.75, 3.05) is 33.8 Å². The number of ether oxygens (including phenoxy) is 1. The molecular formula is C25H25BrN2O6. The summed E-state index contributed by atoms with van der Waals surface area (Å²) in [6.45, 7) is 2.91. The maximum absolute atomic E-state index is 13.6. The molecule has 0 fully saturated rings. The number of nitrogens with zero attached hydrogens (tertiary/aromatic N) is 2. The van der Waals surface area contributed by atoms with Crippen LogP contribution in [0.2, 0.25) is 0 Å². The summed E-state index contributed by atoms with van der Waals surface area (Å²) in [7, 11) is 3.74. The molecule has 1 amide bonds. The highest BCUT2D eigenvalue weighted by molar-refractivity contribution is 9.10. The zero-order valence-corrected chi connectivity index (χ0v) is 20.6. The molecule has 1 unspecified atom stereocenters. The molecule has 34 heavy (non-hydrogen) atoms. The van der Waals surface area contributed by atoms with Gasteiger partial charge >= 0.3 is 0 Å². The third kappa shape index (κ3) is 4.41. The molecular weight excluding hydrogens is 504 g/mol. The zero-order chi connectivity index (χ0) is 24.6. The lowest BCUT2D eigenvalue weighted by Gasteiger charge is -2.28. The molecule has 0 bridgehead atoms. The molecule has 0 spiro atoms. The molecule has 3 aromatic rings. The molecule has 4 rings (SSSR count). The van der Waals surface area contributed by atoms with Crippen molar-refractivity contribution in [3.63, 3.8) is 0 Å². The Balaban J connectivity index is 1.81. The molecule has 2 N–H and O–H groups in total. The van der Waals surface area contributed by atoms with E-state index in [0.29, 0.717) is 29.7 Å². The van der Waals surface area contributed by atoms with Crippen LogP contribution in [0.15, 0.2) is 62.7 Å². The number of aromatic hydroxyl groups is 1. The Labute approximate surface area is 205 Å². The predicted molar refractivity (Wildman–Crippen MR) is 130 cm³/mol. The maximum atomic E-state index is 13.6. The summed E-state index contributed by atoms with van der Waals surface area (Å²) >= 11 is 3.40. The summed E-state index contributed by atoms with van der Waals surface area (Å²) in [5.74, 6) is -1.64. The summed E-state index contributed by atoms with van der Waals surface area (Å²) in [5.41, 5.74) is 0.967. The maximum Gasteiger partial charge on any atom is 0.290 e. The first kappa shape index (κ1) is 23.8. The molecule has 9 heteroatoms. The van der Waals surface area contributed by atoms with E-state index in [-0.39, 0.29) is 29.4 Å². The van der Waals surface area contributed by atoms with Gasteiger partial charge in [-0.05, 0) is 63.0 Å². The fourth-order valence-electron chi connectivity index (χ4n) is 4.00. The third-order valence-corrected chi connectivity index (χ3v) is 6.13. The van der Waals surface area contributed by atoms with E-state index in [4.69, 9.17) is 9.15 Å². The van der Waals surface area contributed by atoms with Crippen molar-refractivity contribution in [2.24, 2.45) is 0 Å². The highest BCUT2D eigenvalue weighted by atomic mass is 79.9. The van der Waals surface area contributed by atoms with Gasteiger partial charge in [0.15, 0.2) is 23.0 Å². The zero-order valence-electron chi connectivity index (χ0n) is 19.0. The third-order valence-electron chi connectivity index (χ3n) is 5.64. The van der Waals surface area contributed by atoms with Crippen molar-refractivity contribution >= 4 is 38.6 Å². The van der Waals surface area contributed by atoms with Crippen LogP contribution in [0.5, 0.6) is 11.5 Å². The number of benzene rings is 2. The number of aliphatic hydroxyl groups is 1. The molecule has 0 radical (unpaired) electrons. The number of carbonyl (C=O) groups is 2. The SMILES string of the molecule is CCOc1cc(C2C(C(=O)c3cc4cc(Br)ccc4o3)=C(O)C(=O)N2CCN(C)C)ccc1O. The lowest BCUT2D eigenvalue weighted by atomic mass is 9.94. The number of Topliss-reactive ketones (excluding diaryl/α,β-unsaturated/α-hetero) is 1. The van der Waals surface area contributed by atoms with E-state index >= 15 is 0 Å². The summed E-state index contributed by atoms with van der Waals surface area (Å²) in [6.07, 6.45) is 0. The highest BCUT2D eigenvalue weighted by Gasteiger charge is 2.44. The molecule has 178 valence electrons. The minimum absolute atomic E-state index is 0.0192. The van der Waals surface area contributed by atoms with E-state index in [1.165, 1.54) is 11.0 Å². The Morgan fingerprint density at radius 3 is 2.65 bits per heavy atom. The second-order valence-corrected chi connectivity index (χ2v) is 9.16. The predicted octanol–water partition coefficient (Wildman–Crippen LogP) is 4.44. The lowest BCUT2D eigenvalue weighted by molar-refractivity contribution is -0.129. The van der Waals surface area contributed by atoms with Crippen LogP contribution in [0.4, 0.5) is 0 Å². The van der Waals surface area contributed by atoms with Crippen molar-refractivity contribution < 1.29 is 29.0 Å². The van der Waals surface area contributed by atoms with E-state index < -0.39 is 23.5 Å². The van der Waals surface area contributed by atoms with Gasteiger partial charge in [-0.2, -0.15) is 0 Å². The number of likely N-dealkylation sites (N-methyl/N-ethyl adjacent to an activating group) is 1. The molecule has 1 aromatic heterocycles. The van der Waals surface area contributed by atoms with Crippen LogP contribution < -0.4 is 4.74 Å². The first-order chi connectivity index (χ1) is 16.2. The number of halogens is 1. The molecule has 1 atom stereocenters. The Bertz CT molecular complexity index is 1300. The molecule has 8 nitrogen and oxygen atoms in total. The van der Waals surface area contributed by atoms with E-state index in [1.54, 1.807) is 37.3 Å². The van der Waals surface area contributed by atoms with Gasteiger partial charge in [-0.25, -0.2) is 0 Å². The number of carbonyl (C=O) groups excluding carboxylic acids is 2. The van der Waals surface area contributed by atoms with Crippen LogP contribution >= 0.6 is 15.9 Å². The molecule has 2 aromatic carbocycles. The summed E-state index contributed by atoms with van der Waals surface area (Å²) < 4.78 is 12.1. The molecule has 1 aliphatic heterocycles. The Morgan fingerprint density at radius 1 is 1.18 bits per heavy atom. The molecule has 2 heterocycles. The average Bonchev–Trinajstić information content (AvgIpc) is 3.32. The Hall–Kier alpha value is -3.30. The van der Waals surface area contributed by atoms with Crippen molar-refractivity contribution in [3.8, 4) is 11.5 Å². The van der Waals surface area contributed by atoms with Gasteiger partial charge in [0.25, 0.3) is 5.91 Å². The molecule has 1 aliphatic rings. The van der Waals surface area contributed by atoms with Gasteiger partial charge in [-0.15, -0.1) is 0 Å². The van der Waals surface area contributed by atoms with Crippen molar-refractivity contribution in [2.45, 2.75) is 13.0 Å². The second-order valence-electron chi connectivity index (χ2n) is 8.25. The number of ketones is 1. The van der Waals surface area contributed by atoms with Crippen molar-refractivity contribution in [1.29, 1.82) is 0 Å². The van der Waals surface area contributed by atoms with Gasteiger partial charge in [0, 0.05) is 22.9 Å². The fourth-order valence-corrected chi connectivity index (χ4v) is 4.38. The molecule has 0 saturated carbocycles. The number of hydrogen-bond acceptors (Lipinski definition) is 7. The monoisotopic (exact) mass is 528 g/mol. The number of rotatable bonds is 8. The Morgan fingerprint density at radius 2 is 1.94 bits per heavy atom. The van der Waals surface area contributed by atoms with Crippen LogP contribution in [0.3, 0.4) is 0 Å². The standard InChI is InChI=1S/C25H25BrN2O6/c1-4-33-19-12-14(5-7-17(19)29)22-21(24(31)25(32)28(22)10-9-27(2)3)23(30)20-13-15-11-16(26)6-8-18(15)34-20/h5-8,11-13,22,29,31H,4,9-10H2,1-3H3. The van der Waals surface area contributed by atoms with Gasteiger partial charge in [0.1, 0.15) is 5.58 Å².